The van der Waals surface area contributed by atoms with Crippen LogP contribution in [0.5, 0.6) is 0 Å². The Labute approximate surface area is 145 Å². The molecule has 0 N–H and O–H groups in total. The second kappa shape index (κ2) is 6.04. The molecule has 0 bridgehead atoms. The number of piperidine rings is 1. The number of amides is 1. The Hall–Kier alpha value is -2.16. The number of nitrogens with zero attached hydrogens (tertiary/aromatic N) is 2. The van der Waals surface area contributed by atoms with Crippen LogP contribution in [0.4, 0.5) is 0 Å². The summed E-state index contributed by atoms with van der Waals surface area (Å²) >= 11 is 1.77. The van der Waals surface area contributed by atoms with Crippen molar-refractivity contribution in [3.8, 4) is 6.07 Å². The molecule has 3 heterocycles. The van der Waals surface area contributed by atoms with Crippen LogP contribution < -0.4 is 0 Å². The Kier molecular flexibility index (Phi) is 3.87. The summed E-state index contributed by atoms with van der Waals surface area (Å²) in [4.78, 5) is 16.0. The van der Waals surface area contributed by atoms with Crippen LogP contribution in [0.1, 0.15) is 39.2 Å². The van der Waals surface area contributed by atoms with E-state index in [0.717, 1.165) is 25.9 Å². The van der Waals surface area contributed by atoms with Gasteiger partial charge >= 0.3 is 0 Å². The fourth-order valence-corrected chi connectivity index (χ4v) is 4.90. The van der Waals surface area contributed by atoms with E-state index in [-0.39, 0.29) is 11.5 Å². The average Bonchev–Trinajstić information content (AvgIpc) is 3.12. The largest absolute Gasteiger partial charge is 0.369 e. The maximum absolute atomic E-state index is 12.8. The smallest absolute Gasteiger partial charge is 0.255 e. The Morgan fingerprint density at radius 3 is 2.83 bits per heavy atom. The number of carbonyl (C=O) groups is 1. The van der Waals surface area contributed by atoms with E-state index >= 15 is 0 Å². The Morgan fingerprint density at radius 2 is 2.04 bits per heavy atom. The van der Waals surface area contributed by atoms with Gasteiger partial charge < -0.3 is 9.64 Å². The summed E-state index contributed by atoms with van der Waals surface area (Å²) in [5.74, 6) is -0.0517. The van der Waals surface area contributed by atoms with Crippen LogP contribution in [-0.2, 0) is 16.8 Å². The van der Waals surface area contributed by atoms with E-state index in [1.54, 1.807) is 29.5 Å². The molecular formula is C19H18N2O2S. The minimum atomic E-state index is -0.215. The van der Waals surface area contributed by atoms with Crippen molar-refractivity contribution in [2.75, 3.05) is 19.7 Å². The molecule has 2 aliphatic heterocycles. The van der Waals surface area contributed by atoms with Crippen molar-refractivity contribution in [3.05, 3.63) is 57.3 Å². The number of fused-ring (bicyclic) bond motifs is 2. The van der Waals surface area contributed by atoms with Gasteiger partial charge in [0.1, 0.15) is 5.60 Å². The summed E-state index contributed by atoms with van der Waals surface area (Å²) < 4.78 is 6.19. The predicted molar refractivity (Wildman–Crippen MR) is 91.9 cm³/mol. The lowest BCUT2D eigenvalue weighted by atomic mass is 9.85. The number of hydrogen-bond donors (Lipinski definition) is 0. The summed E-state index contributed by atoms with van der Waals surface area (Å²) in [6, 6.07) is 11.3. The molecule has 5 heteroatoms. The van der Waals surface area contributed by atoms with Gasteiger partial charge in [-0.05, 0) is 48.4 Å². The van der Waals surface area contributed by atoms with Gasteiger partial charge in [-0.15, -0.1) is 11.3 Å². The van der Waals surface area contributed by atoms with Gasteiger partial charge in [-0.25, -0.2) is 0 Å². The van der Waals surface area contributed by atoms with Crippen LogP contribution in [0, 0.1) is 11.3 Å². The third kappa shape index (κ3) is 2.43. The Balaban J connectivity index is 1.54. The first-order valence-electron chi connectivity index (χ1n) is 8.23. The molecule has 1 aromatic carbocycles. The molecule has 0 unspecified atom stereocenters. The third-order valence-corrected chi connectivity index (χ3v) is 6.19. The van der Waals surface area contributed by atoms with Crippen LogP contribution in [0.15, 0.2) is 35.7 Å². The van der Waals surface area contributed by atoms with Gasteiger partial charge in [-0.2, -0.15) is 5.26 Å². The van der Waals surface area contributed by atoms with Crippen LogP contribution in [0.25, 0.3) is 0 Å². The first-order chi connectivity index (χ1) is 11.7. The fourth-order valence-electron chi connectivity index (χ4n) is 3.73. The second-order valence-corrected chi connectivity index (χ2v) is 7.23. The average molecular weight is 338 g/mol. The molecule has 122 valence electrons. The maximum Gasteiger partial charge on any atom is 0.255 e. The lowest BCUT2D eigenvalue weighted by Crippen LogP contribution is -2.48. The second-order valence-electron chi connectivity index (χ2n) is 6.32. The van der Waals surface area contributed by atoms with E-state index < -0.39 is 0 Å². The maximum atomic E-state index is 12.8. The molecule has 4 nitrogen and oxygen atoms in total. The summed E-state index contributed by atoms with van der Waals surface area (Å²) in [7, 11) is 0. The molecular weight excluding hydrogens is 320 g/mol. The molecule has 4 rings (SSSR count). The quantitative estimate of drug-likeness (QED) is 0.801. The van der Waals surface area contributed by atoms with Gasteiger partial charge in [0.2, 0.25) is 0 Å². The van der Waals surface area contributed by atoms with Crippen molar-refractivity contribution in [3.63, 3.8) is 0 Å². The van der Waals surface area contributed by atoms with Gasteiger partial charge in [-0.3, -0.25) is 4.79 Å². The highest BCUT2D eigenvalue weighted by molar-refractivity contribution is 7.10. The summed E-state index contributed by atoms with van der Waals surface area (Å²) in [5.41, 5.74) is 2.13. The molecule has 0 radical (unpaired) electrons. The standard InChI is InChI=1S/C19H18N2O2S/c20-13-15-3-1-2-4-16(15)18(22)21-9-7-19(8-10-21)17-14(5-11-23-19)6-12-24-17/h1-4,6,12H,5,7-11H2. The van der Waals surface area contributed by atoms with E-state index in [0.29, 0.717) is 24.2 Å². The van der Waals surface area contributed by atoms with Gasteiger partial charge in [0.25, 0.3) is 5.91 Å². The van der Waals surface area contributed by atoms with Gasteiger partial charge in [0.05, 0.1) is 23.8 Å². The molecule has 1 fully saturated rings. The zero-order chi connectivity index (χ0) is 16.6. The lowest BCUT2D eigenvalue weighted by Gasteiger charge is -2.43. The summed E-state index contributed by atoms with van der Waals surface area (Å²) in [5, 5.41) is 11.4. The lowest BCUT2D eigenvalue weighted by molar-refractivity contribution is -0.0906. The van der Waals surface area contributed by atoms with E-state index in [1.165, 1.54) is 10.4 Å². The fraction of sp³-hybridized carbons (Fsp3) is 0.368. The number of rotatable bonds is 1. The SMILES string of the molecule is N#Cc1ccccc1C(=O)N1CCC2(CC1)OCCc1ccsc12. The number of ether oxygens (including phenoxy) is 1. The van der Waals surface area contributed by atoms with Gasteiger partial charge in [-0.1, -0.05) is 12.1 Å². The molecule has 1 saturated heterocycles. The number of thiophene rings is 1. The van der Waals surface area contributed by atoms with E-state index in [9.17, 15) is 10.1 Å². The molecule has 1 aromatic heterocycles. The molecule has 0 atom stereocenters. The van der Waals surface area contributed by atoms with Crippen molar-refractivity contribution < 1.29 is 9.53 Å². The number of likely N-dealkylation sites (tertiary alicyclic amines) is 1. The van der Waals surface area contributed by atoms with E-state index in [2.05, 4.69) is 17.5 Å². The van der Waals surface area contributed by atoms with E-state index in [4.69, 9.17) is 4.74 Å². The van der Waals surface area contributed by atoms with Gasteiger partial charge in [0, 0.05) is 18.0 Å². The molecule has 1 amide bonds. The molecule has 24 heavy (non-hydrogen) atoms. The minimum absolute atomic E-state index is 0.0517. The first kappa shape index (κ1) is 15.4. The van der Waals surface area contributed by atoms with Crippen LogP contribution in [-0.4, -0.2) is 30.5 Å². The molecule has 2 aliphatic rings. The minimum Gasteiger partial charge on any atom is -0.369 e. The summed E-state index contributed by atoms with van der Waals surface area (Å²) in [6.45, 7) is 2.08. The number of hydrogen-bond acceptors (Lipinski definition) is 4. The van der Waals surface area contributed by atoms with Crippen molar-refractivity contribution in [1.29, 1.82) is 5.26 Å². The number of nitriles is 1. The Bertz CT molecular complexity index is 813. The molecule has 0 aliphatic carbocycles. The van der Waals surface area contributed by atoms with Crippen LogP contribution >= 0.6 is 11.3 Å². The summed E-state index contributed by atoms with van der Waals surface area (Å²) in [6.07, 6.45) is 2.63. The highest BCUT2D eigenvalue weighted by atomic mass is 32.1. The van der Waals surface area contributed by atoms with Gasteiger partial charge in [0.15, 0.2) is 0 Å². The molecule has 1 spiro atoms. The van der Waals surface area contributed by atoms with Crippen molar-refractivity contribution in [2.24, 2.45) is 0 Å². The zero-order valence-electron chi connectivity index (χ0n) is 13.3. The number of carbonyl (C=O) groups excluding carboxylic acids is 1. The highest BCUT2D eigenvalue weighted by Crippen LogP contribution is 2.44. The van der Waals surface area contributed by atoms with Crippen molar-refractivity contribution in [2.45, 2.75) is 24.9 Å². The third-order valence-electron chi connectivity index (χ3n) is 5.05. The normalized spacial score (nSPS) is 18.9. The predicted octanol–water partition coefficient (Wildman–Crippen LogP) is 3.32. The van der Waals surface area contributed by atoms with Crippen molar-refractivity contribution in [1.82, 2.24) is 4.90 Å². The van der Waals surface area contributed by atoms with Crippen LogP contribution in [0.2, 0.25) is 0 Å². The molecule has 0 saturated carbocycles. The topological polar surface area (TPSA) is 53.3 Å². The Morgan fingerprint density at radius 1 is 1.25 bits per heavy atom. The highest BCUT2D eigenvalue weighted by Gasteiger charge is 2.42. The van der Waals surface area contributed by atoms with E-state index in [1.807, 2.05) is 11.0 Å². The number of benzene rings is 1. The first-order valence-corrected chi connectivity index (χ1v) is 9.11. The molecule has 2 aromatic rings. The monoisotopic (exact) mass is 338 g/mol. The van der Waals surface area contributed by atoms with Crippen molar-refractivity contribution >= 4 is 17.2 Å². The van der Waals surface area contributed by atoms with Crippen LogP contribution in [0.3, 0.4) is 0 Å². The zero-order valence-corrected chi connectivity index (χ0v) is 14.1.